The summed E-state index contributed by atoms with van der Waals surface area (Å²) in [5.74, 6) is -1.74. The van der Waals surface area contributed by atoms with Crippen LogP contribution in [0.25, 0.3) is 10.9 Å². The van der Waals surface area contributed by atoms with Crippen LogP contribution in [0.4, 0.5) is 15.8 Å². The van der Waals surface area contributed by atoms with E-state index in [1.807, 2.05) is 18.2 Å². The lowest BCUT2D eigenvalue weighted by Crippen LogP contribution is -2.30. The fraction of sp³-hybridized carbons (Fsp3) is 0.105. The Bertz CT molecular complexity index is 998. The molecular formula is C19H14FN3O2. The minimum Gasteiger partial charge on any atom is -0.326 e. The number of aromatic nitrogens is 1. The summed E-state index contributed by atoms with van der Waals surface area (Å²) in [6, 6.07) is 13.2. The van der Waals surface area contributed by atoms with Gasteiger partial charge >= 0.3 is 0 Å². The number of hydrogen-bond acceptors (Lipinski definition) is 3. The number of nitrogens with one attached hydrogen (secondary N) is 2. The Kier molecular flexibility index (Phi) is 3.65. The van der Waals surface area contributed by atoms with E-state index in [2.05, 4.69) is 15.6 Å². The Hall–Kier alpha value is -3.28. The number of nitrogens with zero attached hydrogens (tertiary/aromatic N) is 1. The third-order valence-electron chi connectivity index (χ3n) is 4.27. The first-order chi connectivity index (χ1) is 12.1. The van der Waals surface area contributed by atoms with Gasteiger partial charge in [-0.15, -0.1) is 0 Å². The van der Waals surface area contributed by atoms with Crippen LogP contribution in [0.5, 0.6) is 0 Å². The maximum absolute atomic E-state index is 13.4. The second-order valence-electron chi connectivity index (χ2n) is 5.90. The predicted octanol–water partition coefficient (Wildman–Crippen LogP) is 3.44. The zero-order valence-corrected chi connectivity index (χ0v) is 13.1. The van der Waals surface area contributed by atoms with Crippen LogP contribution in [0.15, 0.2) is 54.7 Å². The van der Waals surface area contributed by atoms with Crippen molar-refractivity contribution < 1.29 is 14.0 Å². The SMILES string of the molecule is O=C1CC(C(=O)Nc2cccc3ncccc23)c2ccc(F)cc2N1. The lowest BCUT2D eigenvalue weighted by Gasteiger charge is -2.25. The van der Waals surface area contributed by atoms with Crippen molar-refractivity contribution in [2.45, 2.75) is 12.3 Å². The highest BCUT2D eigenvalue weighted by molar-refractivity contribution is 6.08. The van der Waals surface area contributed by atoms with Crippen LogP contribution < -0.4 is 10.6 Å². The number of anilines is 2. The highest BCUT2D eigenvalue weighted by Crippen LogP contribution is 2.34. The molecule has 1 atom stereocenters. The molecular weight excluding hydrogens is 321 g/mol. The molecule has 2 amide bonds. The molecule has 5 nitrogen and oxygen atoms in total. The molecule has 2 heterocycles. The number of benzene rings is 2. The summed E-state index contributed by atoms with van der Waals surface area (Å²) in [6.45, 7) is 0. The fourth-order valence-electron chi connectivity index (χ4n) is 3.10. The predicted molar refractivity (Wildman–Crippen MR) is 92.8 cm³/mol. The van der Waals surface area contributed by atoms with Gasteiger partial charge in [-0.25, -0.2) is 4.39 Å². The van der Waals surface area contributed by atoms with Gasteiger partial charge in [-0.1, -0.05) is 12.1 Å². The number of pyridine rings is 1. The highest BCUT2D eigenvalue weighted by atomic mass is 19.1. The zero-order chi connectivity index (χ0) is 17.4. The van der Waals surface area contributed by atoms with Gasteiger partial charge in [0.25, 0.3) is 0 Å². The van der Waals surface area contributed by atoms with Crippen LogP contribution >= 0.6 is 0 Å². The van der Waals surface area contributed by atoms with Gasteiger partial charge in [-0.05, 0) is 42.0 Å². The maximum atomic E-state index is 13.4. The van der Waals surface area contributed by atoms with Crippen molar-refractivity contribution in [3.05, 3.63) is 66.1 Å². The van der Waals surface area contributed by atoms with Crippen molar-refractivity contribution in [3.63, 3.8) is 0 Å². The average Bonchev–Trinajstić information content (AvgIpc) is 2.61. The number of halogens is 1. The van der Waals surface area contributed by atoms with E-state index in [4.69, 9.17) is 0 Å². The van der Waals surface area contributed by atoms with Crippen molar-refractivity contribution in [2.75, 3.05) is 10.6 Å². The van der Waals surface area contributed by atoms with Gasteiger partial charge in [0.05, 0.1) is 17.1 Å². The van der Waals surface area contributed by atoms with E-state index in [9.17, 15) is 14.0 Å². The Morgan fingerprint density at radius 3 is 2.96 bits per heavy atom. The van der Waals surface area contributed by atoms with Crippen molar-refractivity contribution in [1.29, 1.82) is 0 Å². The lowest BCUT2D eigenvalue weighted by atomic mass is 9.89. The third kappa shape index (κ3) is 2.82. The molecule has 0 fully saturated rings. The highest BCUT2D eigenvalue weighted by Gasteiger charge is 2.31. The standard InChI is InChI=1S/C19H14FN3O2/c20-11-6-7-12-14(10-18(24)22-17(12)9-11)19(25)23-16-5-1-4-15-13(16)3-2-8-21-15/h1-9,14H,10H2,(H,22,24)(H,23,25). The summed E-state index contributed by atoms with van der Waals surface area (Å²) in [5.41, 5.74) is 2.35. The molecule has 1 unspecified atom stereocenters. The Labute approximate surface area is 142 Å². The van der Waals surface area contributed by atoms with Crippen LogP contribution in [0.1, 0.15) is 17.9 Å². The van der Waals surface area contributed by atoms with Crippen LogP contribution in [0, 0.1) is 5.82 Å². The number of hydrogen-bond donors (Lipinski definition) is 2. The Morgan fingerprint density at radius 1 is 1.20 bits per heavy atom. The van der Waals surface area contributed by atoms with E-state index < -0.39 is 11.7 Å². The first-order valence-corrected chi connectivity index (χ1v) is 7.86. The number of amides is 2. The topological polar surface area (TPSA) is 71.1 Å². The summed E-state index contributed by atoms with van der Waals surface area (Å²) >= 11 is 0. The molecule has 124 valence electrons. The molecule has 6 heteroatoms. The van der Waals surface area contributed by atoms with Gasteiger partial charge in [0.1, 0.15) is 5.82 Å². The molecule has 0 radical (unpaired) electrons. The molecule has 0 spiro atoms. The zero-order valence-electron chi connectivity index (χ0n) is 13.1. The second kappa shape index (κ2) is 5.98. The molecule has 4 rings (SSSR count). The minimum atomic E-state index is -0.670. The van der Waals surface area contributed by atoms with Gasteiger partial charge in [-0.2, -0.15) is 0 Å². The summed E-state index contributed by atoms with van der Waals surface area (Å²) in [4.78, 5) is 29.0. The molecule has 0 saturated heterocycles. The average molecular weight is 335 g/mol. The molecule has 2 N–H and O–H groups in total. The molecule has 0 saturated carbocycles. The quantitative estimate of drug-likeness (QED) is 0.754. The summed E-state index contributed by atoms with van der Waals surface area (Å²) in [7, 11) is 0. The minimum absolute atomic E-state index is 0.0213. The van der Waals surface area contributed by atoms with Crippen molar-refractivity contribution >= 4 is 34.1 Å². The van der Waals surface area contributed by atoms with Gasteiger partial charge in [0.15, 0.2) is 0 Å². The van der Waals surface area contributed by atoms with Crippen molar-refractivity contribution in [1.82, 2.24) is 4.98 Å². The van der Waals surface area contributed by atoms with E-state index >= 15 is 0 Å². The number of carbonyl (C=O) groups excluding carboxylic acids is 2. The fourth-order valence-corrected chi connectivity index (χ4v) is 3.10. The Balaban J connectivity index is 1.69. The number of carbonyl (C=O) groups is 2. The van der Waals surface area contributed by atoms with Crippen LogP contribution in [-0.2, 0) is 9.59 Å². The largest absolute Gasteiger partial charge is 0.326 e. The molecule has 25 heavy (non-hydrogen) atoms. The molecule has 3 aromatic rings. The third-order valence-corrected chi connectivity index (χ3v) is 4.27. The molecule has 1 aromatic heterocycles. The normalized spacial score (nSPS) is 16.2. The summed E-state index contributed by atoms with van der Waals surface area (Å²) in [5, 5.41) is 6.31. The first kappa shape index (κ1) is 15.3. The summed E-state index contributed by atoms with van der Waals surface area (Å²) < 4.78 is 13.4. The van der Waals surface area contributed by atoms with Crippen LogP contribution in [0.3, 0.4) is 0 Å². The number of rotatable bonds is 2. The van der Waals surface area contributed by atoms with Crippen molar-refractivity contribution in [2.24, 2.45) is 0 Å². The van der Waals surface area contributed by atoms with E-state index in [0.29, 0.717) is 16.9 Å². The maximum Gasteiger partial charge on any atom is 0.232 e. The Morgan fingerprint density at radius 2 is 2.08 bits per heavy atom. The molecule has 0 bridgehead atoms. The molecule has 1 aliphatic rings. The van der Waals surface area contributed by atoms with E-state index in [-0.39, 0.29) is 18.2 Å². The van der Waals surface area contributed by atoms with Gasteiger partial charge in [-0.3, -0.25) is 14.6 Å². The van der Waals surface area contributed by atoms with E-state index in [0.717, 1.165) is 10.9 Å². The smallest absolute Gasteiger partial charge is 0.232 e. The van der Waals surface area contributed by atoms with E-state index in [1.165, 1.54) is 12.1 Å². The second-order valence-corrected chi connectivity index (χ2v) is 5.90. The van der Waals surface area contributed by atoms with E-state index in [1.54, 1.807) is 24.4 Å². The van der Waals surface area contributed by atoms with Gasteiger partial charge < -0.3 is 10.6 Å². The van der Waals surface area contributed by atoms with Crippen LogP contribution in [-0.4, -0.2) is 16.8 Å². The van der Waals surface area contributed by atoms with Crippen LogP contribution in [0.2, 0.25) is 0 Å². The molecule has 0 aliphatic carbocycles. The summed E-state index contributed by atoms with van der Waals surface area (Å²) in [6.07, 6.45) is 1.71. The van der Waals surface area contributed by atoms with Gasteiger partial charge in [0, 0.05) is 23.7 Å². The lowest BCUT2D eigenvalue weighted by molar-refractivity contribution is -0.123. The first-order valence-electron chi connectivity index (χ1n) is 7.86. The van der Waals surface area contributed by atoms with Crippen molar-refractivity contribution in [3.8, 4) is 0 Å². The number of fused-ring (bicyclic) bond motifs is 2. The molecule has 1 aliphatic heterocycles. The molecule has 2 aromatic carbocycles. The van der Waals surface area contributed by atoms with Gasteiger partial charge in [0.2, 0.25) is 11.8 Å². The monoisotopic (exact) mass is 335 g/mol.